The number of imide groups is 1. The molecule has 2 aromatic carbocycles. The lowest BCUT2D eigenvalue weighted by atomic mass is 9.90. The predicted molar refractivity (Wildman–Crippen MR) is 107 cm³/mol. The van der Waals surface area contributed by atoms with Crippen LogP contribution in [0.15, 0.2) is 71.2 Å². The number of anilines is 1. The summed E-state index contributed by atoms with van der Waals surface area (Å²) in [6, 6.07) is 16.0. The van der Waals surface area contributed by atoms with E-state index in [4.69, 9.17) is 0 Å². The number of ketones is 1. The number of carbonyl (C=O) groups excluding carboxylic acids is 3. The summed E-state index contributed by atoms with van der Waals surface area (Å²) in [5.41, 5.74) is 1.60. The summed E-state index contributed by atoms with van der Waals surface area (Å²) in [7, 11) is 0. The van der Waals surface area contributed by atoms with E-state index in [1.54, 1.807) is 36.4 Å². The first-order valence-corrected chi connectivity index (χ1v) is 10.0. The Morgan fingerprint density at radius 1 is 0.893 bits per heavy atom. The molecule has 5 nitrogen and oxygen atoms in total. The fourth-order valence-corrected chi connectivity index (χ4v) is 5.19. The van der Waals surface area contributed by atoms with Gasteiger partial charge in [-0.25, -0.2) is 4.90 Å². The molecule has 4 atom stereocenters. The number of benzene rings is 2. The standard InChI is InChI=1S/C22H17BrN2O3/c23-14-6-4-5-13(11-14)12-24-16-9-10-17(26)20(24)19-18(16)21(27)25(22(19)28)15-7-2-1-3-8-15/h1-11,16,18-20H,12H2/t16-,18-,19-,20+/m0/s1. The number of hydrogen-bond acceptors (Lipinski definition) is 4. The number of carbonyl (C=O) groups is 3. The largest absolute Gasteiger partial charge is 0.293 e. The molecule has 0 aliphatic carbocycles. The van der Waals surface area contributed by atoms with Crippen molar-refractivity contribution >= 4 is 39.2 Å². The first-order valence-electron chi connectivity index (χ1n) is 9.21. The van der Waals surface area contributed by atoms with E-state index < -0.39 is 17.9 Å². The van der Waals surface area contributed by atoms with Crippen LogP contribution in [0.25, 0.3) is 0 Å². The second kappa shape index (κ2) is 6.50. The van der Waals surface area contributed by atoms with Gasteiger partial charge >= 0.3 is 0 Å². The highest BCUT2D eigenvalue weighted by Gasteiger charge is 2.64. The Hall–Kier alpha value is -2.57. The minimum absolute atomic E-state index is 0.102. The molecule has 28 heavy (non-hydrogen) atoms. The summed E-state index contributed by atoms with van der Waals surface area (Å²) >= 11 is 3.47. The van der Waals surface area contributed by atoms with Gasteiger partial charge in [-0.05, 0) is 35.9 Å². The summed E-state index contributed by atoms with van der Waals surface area (Å²) in [6.45, 7) is 0.518. The normalized spacial score (nSPS) is 28.9. The molecule has 5 rings (SSSR count). The van der Waals surface area contributed by atoms with Crippen molar-refractivity contribution in [3.63, 3.8) is 0 Å². The second-order valence-electron chi connectivity index (χ2n) is 7.40. The number of para-hydroxylation sites is 1. The number of fused-ring (bicyclic) bond motifs is 5. The van der Waals surface area contributed by atoms with Crippen molar-refractivity contribution in [3.05, 3.63) is 76.8 Å². The van der Waals surface area contributed by atoms with E-state index >= 15 is 0 Å². The molecule has 0 spiro atoms. The zero-order valence-electron chi connectivity index (χ0n) is 14.9. The molecule has 0 saturated carbocycles. The third-order valence-electron chi connectivity index (χ3n) is 5.86. The Morgan fingerprint density at radius 2 is 1.64 bits per heavy atom. The first kappa shape index (κ1) is 17.5. The molecule has 2 fully saturated rings. The average molecular weight is 437 g/mol. The second-order valence-corrected chi connectivity index (χ2v) is 8.31. The van der Waals surface area contributed by atoms with Gasteiger partial charge in [0, 0.05) is 17.1 Å². The molecule has 2 aromatic rings. The highest BCUT2D eigenvalue weighted by atomic mass is 79.9. The maximum atomic E-state index is 13.2. The Balaban J connectivity index is 1.52. The van der Waals surface area contributed by atoms with Gasteiger partial charge in [0.05, 0.1) is 23.6 Å². The molecule has 3 aliphatic rings. The van der Waals surface area contributed by atoms with Crippen LogP contribution in [0.1, 0.15) is 5.56 Å². The molecule has 3 heterocycles. The Kier molecular flexibility index (Phi) is 4.07. The molecule has 3 aliphatic heterocycles. The van der Waals surface area contributed by atoms with Gasteiger partial charge in [-0.3, -0.25) is 19.3 Å². The van der Waals surface area contributed by atoms with E-state index in [9.17, 15) is 14.4 Å². The van der Waals surface area contributed by atoms with E-state index in [0.29, 0.717) is 12.2 Å². The van der Waals surface area contributed by atoms with Crippen molar-refractivity contribution in [1.82, 2.24) is 4.90 Å². The molecule has 2 saturated heterocycles. The van der Waals surface area contributed by atoms with Gasteiger partial charge in [0.1, 0.15) is 0 Å². The minimum atomic E-state index is -0.632. The number of rotatable bonds is 3. The third-order valence-corrected chi connectivity index (χ3v) is 6.36. The smallest absolute Gasteiger partial charge is 0.239 e. The molecule has 6 heteroatoms. The van der Waals surface area contributed by atoms with Crippen LogP contribution >= 0.6 is 15.9 Å². The van der Waals surface area contributed by atoms with Gasteiger partial charge in [-0.2, -0.15) is 0 Å². The highest BCUT2D eigenvalue weighted by molar-refractivity contribution is 9.10. The van der Waals surface area contributed by atoms with E-state index in [2.05, 4.69) is 15.9 Å². The lowest BCUT2D eigenvalue weighted by Gasteiger charge is -2.33. The first-order chi connectivity index (χ1) is 13.6. The molecule has 140 valence electrons. The Bertz CT molecular complexity index is 1020. The Morgan fingerprint density at radius 3 is 2.39 bits per heavy atom. The van der Waals surface area contributed by atoms with Crippen LogP contribution in [-0.2, 0) is 20.9 Å². The van der Waals surface area contributed by atoms with Gasteiger partial charge in [-0.1, -0.05) is 52.3 Å². The number of hydrogen-bond donors (Lipinski definition) is 0. The average Bonchev–Trinajstić information content (AvgIpc) is 3.06. The van der Waals surface area contributed by atoms with Crippen molar-refractivity contribution in [2.24, 2.45) is 11.8 Å². The molecular formula is C22H17BrN2O3. The highest BCUT2D eigenvalue weighted by Crippen LogP contribution is 2.47. The van der Waals surface area contributed by atoms with Crippen LogP contribution in [0.5, 0.6) is 0 Å². The van der Waals surface area contributed by atoms with Gasteiger partial charge in [0.15, 0.2) is 5.78 Å². The quantitative estimate of drug-likeness (QED) is 0.694. The molecule has 2 amide bonds. The third kappa shape index (κ3) is 2.52. The maximum Gasteiger partial charge on any atom is 0.239 e. The molecule has 0 N–H and O–H groups in total. The SMILES string of the molecule is O=C1C=C[C@H]2[C@@H]3C(=O)N(c4ccccc4)C(=O)[C@@H]3[C@@H]1N2Cc1cccc(Br)c1. The van der Waals surface area contributed by atoms with Crippen LogP contribution in [0.4, 0.5) is 5.69 Å². The van der Waals surface area contributed by atoms with Gasteiger partial charge in [0.2, 0.25) is 11.8 Å². The number of halogens is 1. The van der Waals surface area contributed by atoms with E-state index in [-0.39, 0.29) is 23.6 Å². The van der Waals surface area contributed by atoms with Crippen molar-refractivity contribution in [3.8, 4) is 0 Å². The zero-order chi connectivity index (χ0) is 19.4. The fraction of sp³-hybridized carbons (Fsp3) is 0.227. The van der Waals surface area contributed by atoms with Crippen molar-refractivity contribution < 1.29 is 14.4 Å². The van der Waals surface area contributed by atoms with Crippen molar-refractivity contribution in [2.45, 2.75) is 18.6 Å². The van der Waals surface area contributed by atoms with Gasteiger partial charge in [0.25, 0.3) is 0 Å². The van der Waals surface area contributed by atoms with Crippen LogP contribution in [0.3, 0.4) is 0 Å². The van der Waals surface area contributed by atoms with Gasteiger partial charge < -0.3 is 0 Å². The summed E-state index contributed by atoms with van der Waals surface area (Å²) in [5, 5.41) is 0. The molecule has 2 bridgehead atoms. The topological polar surface area (TPSA) is 57.7 Å². The van der Waals surface area contributed by atoms with Crippen molar-refractivity contribution in [1.29, 1.82) is 0 Å². The fourth-order valence-electron chi connectivity index (χ4n) is 4.75. The van der Waals surface area contributed by atoms with E-state index in [0.717, 1.165) is 10.0 Å². The van der Waals surface area contributed by atoms with Crippen LogP contribution in [0, 0.1) is 11.8 Å². The zero-order valence-corrected chi connectivity index (χ0v) is 16.5. The molecule has 0 unspecified atom stereocenters. The monoisotopic (exact) mass is 436 g/mol. The molecule has 0 radical (unpaired) electrons. The maximum absolute atomic E-state index is 13.2. The van der Waals surface area contributed by atoms with E-state index in [1.807, 2.05) is 35.2 Å². The number of nitrogens with zero attached hydrogens (tertiary/aromatic N) is 2. The lowest BCUT2D eigenvalue weighted by Crippen LogP contribution is -2.48. The van der Waals surface area contributed by atoms with Crippen molar-refractivity contribution in [2.75, 3.05) is 4.90 Å². The van der Waals surface area contributed by atoms with E-state index in [1.165, 1.54) is 4.90 Å². The predicted octanol–water partition coefficient (Wildman–Crippen LogP) is 2.95. The summed E-state index contributed by atoms with van der Waals surface area (Å²) in [6.07, 6.45) is 3.33. The Labute approximate surface area is 170 Å². The van der Waals surface area contributed by atoms with Gasteiger partial charge in [-0.15, -0.1) is 0 Å². The molecule has 0 aromatic heterocycles. The number of amides is 2. The summed E-state index contributed by atoms with van der Waals surface area (Å²) in [5.74, 6) is -1.74. The lowest BCUT2D eigenvalue weighted by molar-refractivity contribution is -0.129. The van der Waals surface area contributed by atoms with Crippen LogP contribution in [0.2, 0.25) is 0 Å². The summed E-state index contributed by atoms with van der Waals surface area (Å²) in [4.78, 5) is 42.5. The van der Waals surface area contributed by atoms with Crippen LogP contribution < -0.4 is 4.90 Å². The van der Waals surface area contributed by atoms with Crippen LogP contribution in [-0.4, -0.2) is 34.6 Å². The minimum Gasteiger partial charge on any atom is -0.293 e. The molecular weight excluding hydrogens is 420 g/mol. The summed E-state index contributed by atoms with van der Waals surface area (Å²) < 4.78 is 0.957.